The second-order valence-corrected chi connectivity index (χ2v) is 6.72. The molecule has 0 amide bonds. The summed E-state index contributed by atoms with van der Waals surface area (Å²) in [5, 5.41) is 15.3. The average molecular weight is 268 g/mol. The van der Waals surface area contributed by atoms with E-state index in [4.69, 9.17) is 0 Å². The van der Waals surface area contributed by atoms with Crippen LogP contribution >= 0.6 is 11.3 Å². The smallest absolute Gasteiger partial charge is 0.315 e. The summed E-state index contributed by atoms with van der Waals surface area (Å²) >= 11 is 1.49. The fourth-order valence-corrected chi connectivity index (χ4v) is 3.29. The minimum Gasteiger partial charge on any atom is -0.481 e. The van der Waals surface area contributed by atoms with Crippen LogP contribution in [0.3, 0.4) is 0 Å². The molecule has 1 aromatic heterocycles. The van der Waals surface area contributed by atoms with Crippen molar-refractivity contribution in [2.24, 2.45) is 0 Å². The van der Waals surface area contributed by atoms with E-state index in [0.29, 0.717) is 5.69 Å². The van der Waals surface area contributed by atoms with Crippen molar-refractivity contribution in [3.63, 3.8) is 0 Å². The van der Waals surface area contributed by atoms with Crippen molar-refractivity contribution >= 4 is 22.4 Å². The van der Waals surface area contributed by atoms with Gasteiger partial charge in [-0.2, -0.15) is 0 Å². The Morgan fingerprint density at radius 1 is 1.50 bits per heavy atom. The predicted octanol–water partition coefficient (Wildman–Crippen LogP) is 3.25. The first-order chi connectivity index (χ1) is 8.33. The Labute approximate surface area is 111 Å². The Bertz CT molecular complexity index is 448. The number of rotatable bonds is 4. The van der Waals surface area contributed by atoms with Crippen molar-refractivity contribution in [2.45, 2.75) is 57.4 Å². The molecule has 0 aromatic carbocycles. The summed E-state index contributed by atoms with van der Waals surface area (Å²) in [6, 6.07) is 0. The van der Waals surface area contributed by atoms with Gasteiger partial charge < -0.3 is 10.4 Å². The molecule has 1 heterocycles. The van der Waals surface area contributed by atoms with Gasteiger partial charge in [-0.15, -0.1) is 11.3 Å². The third kappa shape index (κ3) is 2.51. The number of carboxylic acids is 1. The second-order valence-electron chi connectivity index (χ2n) is 5.86. The quantitative estimate of drug-likeness (QED) is 0.880. The maximum atomic E-state index is 11.2. The highest BCUT2D eigenvalue weighted by Crippen LogP contribution is 2.35. The van der Waals surface area contributed by atoms with Crippen molar-refractivity contribution in [1.82, 2.24) is 4.98 Å². The van der Waals surface area contributed by atoms with Crippen molar-refractivity contribution in [2.75, 3.05) is 5.32 Å². The molecule has 0 spiro atoms. The number of nitrogens with zero attached hydrogens (tertiary/aromatic N) is 1. The van der Waals surface area contributed by atoms with Crippen molar-refractivity contribution in [1.29, 1.82) is 0 Å². The third-order valence-corrected chi connectivity index (χ3v) is 4.55. The van der Waals surface area contributed by atoms with Crippen molar-refractivity contribution in [3.8, 4) is 0 Å². The maximum Gasteiger partial charge on any atom is 0.315 e. The molecule has 4 nitrogen and oxygen atoms in total. The molecule has 0 atom stereocenters. The summed E-state index contributed by atoms with van der Waals surface area (Å²) in [6.45, 7) is 5.58. The van der Waals surface area contributed by atoms with E-state index < -0.39 is 11.4 Å². The Morgan fingerprint density at radius 3 is 2.67 bits per heavy atom. The lowest BCUT2D eigenvalue weighted by molar-refractivity contribution is -0.142. The standard InChI is InChI=1S/C13H20N2O2S/c1-12(2,10(16)17)9-8-18-11(14-9)15-13(3)6-4-5-7-13/h8H,4-7H2,1-3H3,(H,14,15)(H,16,17). The first-order valence-electron chi connectivity index (χ1n) is 6.31. The van der Waals surface area contributed by atoms with Crippen LogP contribution in [-0.2, 0) is 10.2 Å². The molecule has 1 aliphatic rings. The van der Waals surface area contributed by atoms with Crippen LogP contribution in [0.4, 0.5) is 5.13 Å². The molecular formula is C13H20N2O2S. The Hall–Kier alpha value is -1.10. The van der Waals surface area contributed by atoms with Crippen molar-refractivity contribution in [3.05, 3.63) is 11.1 Å². The predicted molar refractivity (Wildman–Crippen MR) is 73.3 cm³/mol. The van der Waals surface area contributed by atoms with Crippen LogP contribution in [0.25, 0.3) is 0 Å². The molecule has 2 N–H and O–H groups in total. The summed E-state index contributed by atoms with van der Waals surface area (Å²) in [6.07, 6.45) is 4.82. The Balaban J connectivity index is 2.13. The zero-order valence-electron chi connectivity index (χ0n) is 11.1. The van der Waals surface area contributed by atoms with Crippen LogP contribution in [-0.4, -0.2) is 21.6 Å². The Kier molecular flexibility index (Phi) is 3.36. The zero-order chi connectivity index (χ0) is 13.4. The largest absolute Gasteiger partial charge is 0.481 e. The first kappa shape index (κ1) is 13.3. The fourth-order valence-electron chi connectivity index (χ4n) is 2.27. The number of carboxylic acid groups (broad SMARTS) is 1. The number of aliphatic carboxylic acids is 1. The van der Waals surface area contributed by atoms with Crippen LogP contribution in [0.1, 0.15) is 52.1 Å². The summed E-state index contributed by atoms with van der Waals surface area (Å²) in [5.41, 5.74) is -0.167. The molecule has 1 aliphatic carbocycles. The highest BCUT2D eigenvalue weighted by atomic mass is 32.1. The molecule has 18 heavy (non-hydrogen) atoms. The fraction of sp³-hybridized carbons (Fsp3) is 0.692. The number of aromatic nitrogens is 1. The van der Waals surface area contributed by atoms with Gasteiger partial charge in [-0.3, -0.25) is 4.79 Å². The van der Waals surface area contributed by atoms with Crippen LogP contribution in [0.5, 0.6) is 0 Å². The van der Waals surface area contributed by atoms with Gasteiger partial charge in [0.2, 0.25) is 0 Å². The van der Waals surface area contributed by atoms with E-state index in [9.17, 15) is 9.90 Å². The molecule has 0 saturated heterocycles. The van der Waals surface area contributed by atoms with Gasteiger partial charge >= 0.3 is 5.97 Å². The number of carbonyl (C=O) groups is 1. The number of nitrogens with one attached hydrogen (secondary N) is 1. The van der Waals surface area contributed by atoms with Gasteiger partial charge in [0.15, 0.2) is 5.13 Å². The minimum absolute atomic E-state index is 0.127. The summed E-state index contributed by atoms with van der Waals surface area (Å²) in [5.74, 6) is -0.841. The second kappa shape index (κ2) is 4.53. The number of hydrogen-bond donors (Lipinski definition) is 2. The van der Waals surface area contributed by atoms with E-state index in [1.807, 2.05) is 5.38 Å². The zero-order valence-corrected chi connectivity index (χ0v) is 11.9. The number of anilines is 1. The summed E-state index contributed by atoms with van der Waals surface area (Å²) in [7, 11) is 0. The van der Waals surface area contributed by atoms with E-state index in [2.05, 4.69) is 17.2 Å². The lowest BCUT2D eigenvalue weighted by atomic mass is 9.90. The van der Waals surface area contributed by atoms with Crippen LogP contribution in [0.2, 0.25) is 0 Å². The first-order valence-corrected chi connectivity index (χ1v) is 7.19. The third-order valence-electron chi connectivity index (χ3n) is 3.80. The highest BCUT2D eigenvalue weighted by Gasteiger charge is 2.33. The molecule has 0 radical (unpaired) electrons. The molecule has 5 heteroatoms. The molecule has 0 unspecified atom stereocenters. The van der Waals surface area contributed by atoms with Crippen LogP contribution in [0.15, 0.2) is 5.38 Å². The van der Waals surface area contributed by atoms with Gasteiger partial charge in [0.1, 0.15) is 5.41 Å². The molecule has 0 aliphatic heterocycles. The van der Waals surface area contributed by atoms with E-state index in [1.165, 1.54) is 24.2 Å². The number of thiazole rings is 1. The van der Waals surface area contributed by atoms with E-state index >= 15 is 0 Å². The summed E-state index contributed by atoms with van der Waals surface area (Å²) in [4.78, 5) is 15.6. The monoisotopic (exact) mass is 268 g/mol. The molecule has 1 fully saturated rings. The molecular weight excluding hydrogens is 248 g/mol. The lowest BCUT2D eigenvalue weighted by Gasteiger charge is -2.24. The topological polar surface area (TPSA) is 62.2 Å². The van der Waals surface area contributed by atoms with Crippen LogP contribution < -0.4 is 5.32 Å². The van der Waals surface area contributed by atoms with E-state index in [-0.39, 0.29) is 5.54 Å². The average Bonchev–Trinajstić information content (AvgIpc) is 2.88. The summed E-state index contributed by atoms with van der Waals surface area (Å²) < 4.78 is 0. The maximum absolute atomic E-state index is 11.2. The number of hydrogen-bond acceptors (Lipinski definition) is 4. The molecule has 0 bridgehead atoms. The Morgan fingerprint density at radius 2 is 2.11 bits per heavy atom. The molecule has 1 aromatic rings. The minimum atomic E-state index is -0.924. The highest BCUT2D eigenvalue weighted by molar-refractivity contribution is 7.13. The molecule has 1 saturated carbocycles. The van der Waals surface area contributed by atoms with Gasteiger partial charge in [0.25, 0.3) is 0 Å². The molecule has 100 valence electrons. The normalized spacial score (nSPS) is 18.8. The van der Waals surface area contributed by atoms with Gasteiger partial charge in [-0.1, -0.05) is 12.8 Å². The van der Waals surface area contributed by atoms with E-state index in [1.54, 1.807) is 13.8 Å². The van der Waals surface area contributed by atoms with E-state index in [0.717, 1.165) is 18.0 Å². The van der Waals surface area contributed by atoms with Gasteiger partial charge in [0.05, 0.1) is 5.69 Å². The molecule has 2 rings (SSSR count). The van der Waals surface area contributed by atoms with Gasteiger partial charge in [0, 0.05) is 10.9 Å². The van der Waals surface area contributed by atoms with Crippen molar-refractivity contribution < 1.29 is 9.90 Å². The lowest BCUT2D eigenvalue weighted by Crippen LogP contribution is -2.31. The van der Waals surface area contributed by atoms with Gasteiger partial charge in [-0.25, -0.2) is 4.98 Å². The van der Waals surface area contributed by atoms with Gasteiger partial charge in [-0.05, 0) is 33.6 Å². The van der Waals surface area contributed by atoms with Crippen LogP contribution in [0, 0.1) is 0 Å². The SMILES string of the molecule is CC1(Nc2nc(C(C)(C)C(=O)O)cs2)CCCC1.